The van der Waals surface area contributed by atoms with Crippen LogP contribution in [0, 0.1) is 5.82 Å². The maximum absolute atomic E-state index is 13.5. The van der Waals surface area contributed by atoms with Gasteiger partial charge in [-0.15, -0.1) is 0 Å². The number of carbonyl (C=O) groups excluding carboxylic acids is 2. The van der Waals surface area contributed by atoms with Crippen LogP contribution in [0.3, 0.4) is 0 Å². The number of amides is 2. The van der Waals surface area contributed by atoms with Crippen LogP contribution in [0.2, 0.25) is 0 Å². The minimum absolute atomic E-state index is 0.210. The van der Waals surface area contributed by atoms with Gasteiger partial charge in [0.15, 0.2) is 0 Å². The van der Waals surface area contributed by atoms with Gasteiger partial charge in [0.2, 0.25) is 5.91 Å². The van der Waals surface area contributed by atoms with Crippen molar-refractivity contribution in [3.8, 4) is 0 Å². The maximum Gasteiger partial charge on any atom is 0.267 e. The fourth-order valence-electron chi connectivity index (χ4n) is 1.82. The molecule has 1 aromatic carbocycles. The Kier molecular flexibility index (Phi) is 3.89. The summed E-state index contributed by atoms with van der Waals surface area (Å²) in [7, 11) is 0. The quantitative estimate of drug-likeness (QED) is 0.862. The van der Waals surface area contributed by atoms with Crippen LogP contribution >= 0.6 is 0 Å². The molecule has 2 N–H and O–H groups in total. The molecule has 0 saturated heterocycles. The monoisotopic (exact) mass is 263 g/mol. The highest BCUT2D eigenvalue weighted by atomic mass is 19.1. The van der Waals surface area contributed by atoms with Crippen molar-refractivity contribution in [2.75, 3.05) is 0 Å². The zero-order valence-corrected chi connectivity index (χ0v) is 10.4. The first-order valence-corrected chi connectivity index (χ1v) is 5.98. The van der Waals surface area contributed by atoms with Crippen molar-refractivity contribution >= 4 is 17.5 Å². The highest BCUT2D eigenvalue weighted by Crippen LogP contribution is 2.16. The maximum atomic E-state index is 13.5. The molecule has 0 bridgehead atoms. The number of carbonyl (C=O) groups is 2. The Labute approximate surface area is 109 Å². The number of hydrogen-bond donors (Lipinski definition) is 2. The summed E-state index contributed by atoms with van der Waals surface area (Å²) in [5.41, 5.74) is 2.92. The third-order valence-corrected chi connectivity index (χ3v) is 2.89. The number of hydrazone groups is 1. The third-order valence-electron chi connectivity index (χ3n) is 2.89. The number of halogens is 1. The predicted octanol–water partition coefficient (Wildman–Crippen LogP) is 1.27. The van der Waals surface area contributed by atoms with E-state index in [1.54, 1.807) is 25.1 Å². The van der Waals surface area contributed by atoms with Gasteiger partial charge in [-0.1, -0.05) is 18.2 Å². The van der Waals surface area contributed by atoms with Crippen molar-refractivity contribution in [3.63, 3.8) is 0 Å². The van der Waals surface area contributed by atoms with Crippen molar-refractivity contribution < 1.29 is 14.0 Å². The lowest BCUT2D eigenvalue weighted by Gasteiger charge is -2.17. The topological polar surface area (TPSA) is 70.6 Å². The van der Waals surface area contributed by atoms with Gasteiger partial charge in [0.05, 0.1) is 6.04 Å². The van der Waals surface area contributed by atoms with Gasteiger partial charge < -0.3 is 5.32 Å². The first-order chi connectivity index (χ1) is 9.08. The minimum Gasteiger partial charge on any atom is -0.344 e. The van der Waals surface area contributed by atoms with Gasteiger partial charge in [-0.05, 0) is 13.0 Å². The van der Waals surface area contributed by atoms with Crippen molar-refractivity contribution in [2.45, 2.75) is 25.8 Å². The molecule has 1 aliphatic rings. The van der Waals surface area contributed by atoms with Gasteiger partial charge >= 0.3 is 0 Å². The number of rotatable bonds is 3. The van der Waals surface area contributed by atoms with E-state index in [4.69, 9.17) is 0 Å². The molecule has 0 spiro atoms. The summed E-state index contributed by atoms with van der Waals surface area (Å²) in [5.74, 6) is -0.969. The molecule has 0 saturated carbocycles. The summed E-state index contributed by atoms with van der Waals surface area (Å²) < 4.78 is 13.5. The second kappa shape index (κ2) is 5.60. The smallest absolute Gasteiger partial charge is 0.267 e. The van der Waals surface area contributed by atoms with E-state index < -0.39 is 11.9 Å². The number of benzene rings is 1. The lowest BCUT2D eigenvalue weighted by Crippen LogP contribution is -2.38. The van der Waals surface area contributed by atoms with Crippen LogP contribution in [0.15, 0.2) is 29.4 Å². The van der Waals surface area contributed by atoms with E-state index >= 15 is 0 Å². The molecule has 19 heavy (non-hydrogen) atoms. The van der Waals surface area contributed by atoms with Crippen molar-refractivity contribution in [1.29, 1.82) is 0 Å². The average molecular weight is 263 g/mol. The van der Waals surface area contributed by atoms with E-state index in [2.05, 4.69) is 15.8 Å². The Balaban J connectivity index is 2.03. The van der Waals surface area contributed by atoms with Crippen molar-refractivity contribution in [3.05, 3.63) is 35.6 Å². The first-order valence-electron chi connectivity index (χ1n) is 5.98. The Morgan fingerprint density at radius 3 is 2.79 bits per heavy atom. The molecule has 0 fully saturated rings. The van der Waals surface area contributed by atoms with E-state index in [-0.39, 0.29) is 23.9 Å². The molecule has 1 unspecified atom stereocenters. The molecule has 1 aliphatic heterocycles. The molecule has 1 heterocycles. The van der Waals surface area contributed by atoms with Crippen LogP contribution in [0.1, 0.15) is 31.4 Å². The summed E-state index contributed by atoms with van der Waals surface area (Å²) in [5, 5.41) is 6.35. The van der Waals surface area contributed by atoms with Gasteiger partial charge in [-0.25, -0.2) is 9.82 Å². The van der Waals surface area contributed by atoms with E-state index in [0.717, 1.165) is 0 Å². The molecule has 0 aliphatic carbocycles. The van der Waals surface area contributed by atoms with Crippen LogP contribution in [-0.2, 0) is 9.59 Å². The van der Waals surface area contributed by atoms with Crippen LogP contribution < -0.4 is 10.7 Å². The molecule has 100 valence electrons. The molecule has 2 rings (SSSR count). The van der Waals surface area contributed by atoms with Crippen LogP contribution in [0.25, 0.3) is 0 Å². The predicted molar refractivity (Wildman–Crippen MR) is 67.8 cm³/mol. The van der Waals surface area contributed by atoms with Crippen LogP contribution in [0.4, 0.5) is 4.39 Å². The largest absolute Gasteiger partial charge is 0.344 e. The minimum atomic E-state index is -0.464. The average Bonchev–Trinajstić information content (AvgIpc) is 2.39. The van der Waals surface area contributed by atoms with Crippen LogP contribution in [-0.4, -0.2) is 17.5 Å². The summed E-state index contributed by atoms with van der Waals surface area (Å²) >= 11 is 0. The van der Waals surface area contributed by atoms with E-state index in [1.165, 1.54) is 6.07 Å². The van der Waals surface area contributed by atoms with Gasteiger partial charge in [0.1, 0.15) is 11.5 Å². The van der Waals surface area contributed by atoms with Gasteiger partial charge in [-0.3, -0.25) is 9.59 Å². The van der Waals surface area contributed by atoms with E-state index in [0.29, 0.717) is 12.0 Å². The highest BCUT2D eigenvalue weighted by Gasteiger charge is 2.20. The molecule has 0 radical (unpaired) electrons. The lowest BCUT2D eigenvalue weighted by atomic mass is 10.1. The second-order valence-electron chi connectivity index (χ2n) is 4.31. The molecule has 1 atom stereocenters. The Morgan fingerprint density at radius 2 is 2.16 bits per heavy atom. The summed E-state index contributed by atoms with van der Waals surface area (Å²) in [6, 6.07) is 5.79. The fourth-order valence-corrected chi connectivity index (χ4v) is 1.82. The highest BCUT2D eigenvalue weighted by molar-refractivity contribution is 6.39. The number of hydrogen-bond acceptors (Lipinski definition) is 3. The molecular formula is C13H14FN3O2. The number of nitrogens with one attached hydrogen (secondary N) is 2. The van der Waals surface area contributed by atoms with Gasteiger partial charge in [0, 0.05) is 18.4 Å². The van der Waals surface area contributed by atoms with Gasteiger partial charge in [0.25, 0.3) is 5.91 Å². The summed E-state index contributed by atoms with van der Waals surface area (Å²) in [6.45, 7) is 1.69. The second-order valence-corrected chi connectivity index (χ2v) is 4.31. The molecule has 6 heteroatoms. The Morgan fingerprint density at radius 1 is 1.42 bits per heavy atom. The lowest BCUT2D eigenvalue weighted by molar-refractivity contribution is -0.121. The molecule has 1 aromatic rings. The number of nitrogens with zero attached hydrogens (tertiary/aromatic N) is 1. The zero-order chi connectivity index (χ0) is 13.8. The zero-order valence-electron chi connectivity index (χ0n) is 10.4. The third kappa shape index (κ3) is 3.15. The van der Waals surface area contributed by atoms with Crippen molar-refractivity contribution in [2.24, 2.45) is 5.10 Å². The van der Waals surface area contributed by atoms with Crippen LogP contribution in [0.5, 0.6) is 0 Å². The molecule has 2 amide bonds. The molecule has 5 nitrogen and oxygen atoms in total. The standard InChI is InChI=1S/C13H14FN3O2/c1-8(9-4-2-3-5-10(9)14)15-13(19)11-6-7-12(18)17-16-11/h2-5,8H,6-7H2,1H3,(H,15,19)(H,17,18). The fraction of sp³-hybridized carbons (Fsp3) is 0.308. The first kappa shape index (κ1) is 13.2. The Bertz CT molecular complexity index is 542. The summed E-state index contributed by atoms with van der Waals surface area (Å²) in [4.78, 5) is 22.8. The Hall–Kier alpha value is -2.24. The molecule has 0 aromatic heterocycles. The van der Waals surface area contributed by atoms with E-state index in [1.807, 2.05) is 0 Å². The SMILES string of the molecule is CC(NC(=O)C1=NNC(=O)CC1)c1ccccc1F. The van der Waals surface area contributed by atoms with E-state index in [9.17, 15) is 14.0 Å². The summed E-state index contributed by atoms with van der Waals surface area (Å²) in [6.07, 6.45) is 0.530. The normalized spacial score (nSPS) is 16.3. The van der Waals surface area contributed by atoms with Gasteiger partial charge in [-0.2, -0.15) is 5.10 Å². The van der Waals surface area contributed by atoms with Crippen molar-refractivity contribution in [1.82, 2.24) is 10.7 Å². The molecular weight excluding hydrogens is 249 g/mol.